The van der Waals surface area contributed by atoms with Crippen LogP contribution in [0.1, 0.15) is 66.5 Å². The number of aryl methyl sites for hydroxylation is 3. The van der Waals surface area contributed by atoms with Gasteiger partial charge in [0.25, 0.3) is 0 Å². The van der Waals surface area contributed by atoms with E-state index in [4.69, 9.17) is 0 Å². The van der Waals surface area contributed by atoms with Crippen molar-refractivity contribution in [2.24, 2.45) is 11.8 Å². The Kier molecular flexibility index (Phi) is 7.04. The van der Waals surface area contributed by atoms with Gasteiger partial charge in [-0.2, -0.15) is 0 Å². The molecule has 3 aliphatic rings. The van der Waals surface area contributed by atoms with Crippen LogP contribution in [0.4, 0.5) is 0 Å². The summed E-state index contributed by atoms with van der Waals surface area (Å²) in [5, 5.41) is 4.21. The lowest BCUT2D eigenvalue weighted by molar-refractivity contribution is 0.431. The Labute approximate surface area is 235 Å². The summed E-state index contributed by atoms with van der Waals surface area (Å²) in [5.74, 6) is 1.13. The normalized spacial score (nSPS) is 26.8. The second kappa shape index (κ2) is 10.6. The van der Waals surface area contributed by atoms with E-state index in [1.165, 1.54) is 55.7 Å². The molecule has 3 aromatic rings. The van der Waals surface area contributed by atoms with Crippen LogP contribution in [-0.2, 0) is 0 Å². The zero-order chi connectivity index (χ0) is 27.1. The molecule has 1 heterocycles. The van der Waals surface area contributed by atoms with E-state index in [1.807, 2.05) is 0 Å². The first-order valence-corrected chi connectivity index (χ1v) is 14.7. The second-order valence-electron chi connectivity index (χ2n) is 12.4. The van der Waals surface area contributed by atoms with Gasteiger partial charge in [-0.3, -0.25) is 5.32 Å². The molecule has 4 unspecified atom stereocenters. The molecule has 0 bridgehead atoms. The number of rotatable bonds is 3. The zero-order valence-electron chi connectivity index (χ0n) is 24.1. The molecule has 0 amide bonds. The maximum Gasteiger partial charge on any atom is 0.0549 e. The lowest BCUT2D eigenvalue weighted by Gasteiger charge is -2.46. The lowest BCUT2D eigenvalue weighted by atomic mass is 9.68. The van der Waals surface area contributed by atoms with Gasteiger partial charge in [0.05, 0.1) is 12.1 Å². The molecule has 1 saturated carbocycles. The van der Waals surface area contributed by atoms with Gasteiger partial charge >= 0.3 is 0 Å². The SMILES string of the molecule is Cc1ccc(C=C2CC(C)C=C3C(c4ccc(C)cc4)=C4CC(C)CC(=Cc5ccc(C)cc5)C4NC23)cc1. The molecule has 1 N–H and O–H groups in total. The smallest absolute Gasteiger partial charge is 0.0549 e. The fraction of sp³-hybridized carbons (Fsp3) is 0.316. The van der Waals surface area contributed by atoms with Gasteiger partial charge in [-0.25, -0.2) is 0 Å². The fourth-order valence-electron chi connectivity index (χ4n) is 6.80. The summed E-state index contributed by atoms with van der Waals surface area (Å²) >= 11 is 0. The number of fused-ring (bicyclic) bond motifs is 2. The topological polar surface area (TPSA) is 12.0 Å². The van der Waals surface area contributed by atoms with Crippen LogP contribution in [0.15, 0.2) is 101 Å². The van der Waals surface area contributed by atoms with Gasteiger partial charge in [-0.05, 0) is 96.4 Å². The van der Waals surface area contributed by atoms with E-state index in [9.17, 15) is 0 Å². The standard InChI is InChI=1S/C38H41N/c1-24-6-12-29(13-7-24)22-32-18-27(4)20-34-36(31-16-10-26(3)11-17-31)35-21-28(5)19-33(38(35)39-37(32)34)23-30-14-8-25(2)9-15-30/h6-17,20,22-23,27-28,37-39H,18-19,21H2,1-5H3. The molecular weight excluding hydrogens is 470 g/mol. The van der Waals surface area contributed by atoms with Crippen LogP contribution in [0, 0.1) is 32.6 Å². The van der Waals surface area contributed by atoms with Gasteiger partial charge in [0, 0.05) is 0 Å². The van der Waals surface area contributed by atoms with E-state index in [0.29, 0.717) is 11.8 Å². The molecule has 198 valence electrons. The summed E-state index contributed by atoms with van der Waals surface area (Å²) in [6.45, 7) is 11.3. The van der Waals surface area contributed by atoms with Crippen molar-refractivity contribution in [3.63, 3.8) is 0 Å². The largest absolute Gasteiger partial charge is 0.296 e. The van der Waals surface area contributed by atoms with E-state index in [0.717, 1.165) is 19.3 Å². The van der Waals surface area contributed by atoms with Crippen molar-refractivity contribution in [1.29, 1.82) is 0 Å². The quantitative estimate of drug-likeness (QED) is 0.369. The minimum absolute atomic E-state index is 0.224. The summed E-state index contributed by atoms with van der Waals surface area (Å²) in [5.41, 5.74) is 15.5. The average Bonchev–Trinajstić information content (AvgIpc) is 2.91. The molecule has 6 rings (SSSR count). The fourth-order valence-corrected chi connectivity index (χ4v) is 6.80. The van der Waals surface area contributed by atoms with Gasteiger partial charge < -0.3 is 0 Å². The summed E-state index contributed by atoms with van der Waals surface area (Å²) in [6, 6.07) is 27.7. The van der Waals surface area contributed by atoms with Crippen molar-refractivity contribution < 1.29 is 0 Å². The first-order valence-electron chi connectivity index (χ1n) is 14.7. The maximum absolute atomic E-state index is 4.21. The highest BCUT2D eigenvalue weighted by atomic mass is 15.0. The number of allylic oxidation sites excluding steroid dienone is 1. The van der Waals surface area contributed by atoms with Gasteiger partial charge in [-0.15, -0.1) is 0 Å². The number of hydrogen-bond donors (Lipinski definition) is 1. The Balaban J connectivity index is 1.52. The summed E-state index contributed by atoms with van der Waals surface area (Å²) in [4.78, 5) is 0. The van der Waals surface area contributed by atoms with Crippen LogP contribution in [0.3, 0.4) is 0 Å². The summed E-state index contributed by atoms with van der Waals surface area (Å²) in [7, 11) is 0. The van der Waals surface area contributed by atoms with E-state index < -0.39 is 0 Å². The van der Waals surface area contributed by atoms with Crippen LogP contribution < -0.4 is 5.32 Å². The molecule has 1 heteroatoms. The molecule has 2 aliphatic carbocycles. The molecular formula is C38H41N. The average molecular weight is 512 g/mol. The molecule has 0 saturated heterocycles. The lowest BCUT2D eigenvalue weighted by Crippen LogP contribution is -2.50. The Morgan fingerprint density at radius 1 is 0.615 bits per heavy atom. The Morgan fingerprint density at radius 3 is 1.69 bits per heavy atom. The molecule has 0 spiro atoms. The highest BCUT2D eigenvalue weighted by Crippen LogP contribution is 2.48. The number of nitrogens with one attached hydrogen (secondary N) is 1. The molecule has 1 fully saturated rings. The number of benzene rings is 3. The van der Waals surface area contributed by atoms with Crippen molar-refractivity contribution in [3.05, 3.63) is 135 Å². The van der Waals surface area contributed by atoms with Crippen molar-refractivity contribution in [1.82, 2.24) is 5.32 Å². The van der Waals surface area contributed by atoms with Crippen LogP contribution >= 0.6 is 0 Å². The third-order valence-corrected chi connectivity index (χ3v) is 8.72. The first kappa shape index (κ1) is 25.8. The molecule has 0 radical (unpaired) electrons. The molecule has 1 aliphatic heterocycles. The zero-order valence-corrected chi connectivity index (χ0v) is 24.1. The Hall–Kier alpha value is -3.42. The highest BCUT2D eigenvalue weighted by Gasteiger charge is 2.40. The summed E-state index contributed by atoms with van der Waals surface area (Å²) in [6.07, 6.45) is 10.8. The minimum Gasteiger partial charge on any atom is -0.296 e. The van der Waals surface area contributed by atoms with Crippen molar-refractivity contribution >= 4 is 17.7 Å². The molecule has 3 aromatic carbocycles. The van der Waals surface area contributed by atoms with E-state index >= 15 is 0 Å². The van der Waals surface area contributed by atoms with Gasteiger partial charge in [-0.1, -0.05) is 122 Å². The first-order chi connectivity index (χ1) is 18.8. The van der Waals surface area contributed by atoms with E-state index in [2.05, 4.69) is 131 Å². The van der Waals surface area contributed by atoms with Crippen molar-refractivity contribution in [2.45, 2.75) is 66.0 Å². The number of hydrogen-bond acceptors (Lipinski definition) is 1. The van der Waals surface area contributed by atoms with Crippen LogP contribution in [0.25, 0.3) is 17.7 Å². The van der Waals surface area contributed by atoms with Crippen LogP contribution in [-0.4, -0.2) is 12.1 Å². The van der Waals surface area contributed by atoms with Crippen LogP contribution in [0.2, 0.25) is 0 Å². The van der Waals surface area contributed by atoms with Crippen molar-refractivity contribution in [3.8, 4) is 0 Å². The summed E-state index contributed by atoms with van der Waals surface area (Å²) < 4.78 is 0. The molecule has 39 heavy (non-hydrogen) atoms. The highest BCUT2D eigenvalue weighted by molar-refractivity contribution is 5.87. The maximum atomic E-state index is 4.21. The van der Waals surface area contributed by atoms with Gasteiger partial charge in [0.15, 0.2) is 0 Å². The monoisotopic (exact) mass is 511 g/mol. The van der Waals surface area contributed by atoms with Crippen LogP contribution in [0.5, 0.6) is 0 Å². The Bertz CT molecular complexity index is 1480. The predicted octanol–water partition coefficient (Wildman–Crippen LogP) is 9.27. The second-order valence-corrected chi connectivity index (χ2v) is 12.4. The van der Waals surface area contributed by atoms with E-state index in [-0.39, 0.29) is 12.1 Å². The molecule has 1 nitrogen and oxygen atoms in total. The third kappa shape index (κ3) is 5.38. The predicted molar refractivity (Wildman–Crippen MR) is 167 cm³/mol. The molecule has 4 atom stereocenters. The van der Waals surface area contributed by atoms with Crippen molar-refractivity contribution in [2.75, 3.05) is 0 Å². The third-order valence-electron chi connectivity index (χ3n) is 8.72. The Morgan fingerprint density at radius 2 is 1.13 bits per heavy atom. The minimum atomic E-state index is 0.224. The van der Waals surface area contributed by atoms with Gasteiger partial charge in [0.2, 0.25) is 0 Å². The van der Waals surface area contributed by atoms with Gasteiger partial charge in [0.1, 0.15) is 0 Å². The molecule has 0 aromatic heterocycles. The van der Waals surface area contributed by atoms with E-state index in [1.54, 1.807) is 5.57 Å².